The van der Waals surface area contributed by atoms with Crippen LogP contribution in [0.25, 0.3) is 0 Å². The van der Waals surface area contributed by atoms with Crippen molar-refractivity contribution in [3.63, 3.8) is 0 Å². The summed E-state index contributed by atoms with van der Waals surface area (Å²) in [7, 11) is -3.95. The van der Waals surface area contributed by atoms with Crippen LogP contribution >= 0.6 is 0 Å². The molecule has 2 N–H and O–H groups in total. The van der Waals surface area contributed by atoms with Crippen molar-refractivity contribution in [3.8, 4) is 0 Å². The standard InChI is InChI=1S/C25H30F3NO3S/c1-24(2,33(31,32)21-12-7-11-19(16-21)25(26,27)28)20-14-17(15-20)8-6-13-22(30)23(29)18-9-4-3-5-10-18/h3-5,7,9-12,16-17,20,23H,6,8,13-15,29H2,1-2H3. The fourth-order valence-electron chi connectivity index (χ4n) is 4.47. The van der Waals surface area contributed by atoms with Gasteiger partial charge in [-0.2, -0.15) is 13.2 Å². The minimum Gasteiger partial charge on any atom is -0.318 e. The number of hydrogen-bond donors (Lipinski definition) is 1. The van der Waals surface area contributed by atoms with E-state index in [4.69, 9.17) is 5.73 Å². The monoisotopic (exact) mass is 481 g/mol. The van der Waals surface area contributed by atoms with Crippen LogP contribution in [0.3, 0.4) is 0 Å². The van der Waals surface area contributed by atoms with Crippen molar-refractivity contribution in [1.29, 1.82) is 0 Å². The molecule has 2 aromatic rings. The number of carbonyl (C=O) groups excluding carboxylic acids is 1. The number of sulfone groups is 1. The molecule has 0 aromatic heterocycles. The molecule has 0 radical (unpaired) electrons. The number of halogens is 3. The van der Waals surface area contributed by atoms with Gasteiger partial charge in [0.1, 0.15) is 0 Å². The van der Waals surface area contributed by atoms with Crippen LogP contribution in [0.15, 0.2) is 59.5 Å². The Balaban J connectivity index is 1.54. The third kappa shape index (κ3) is 5.49. The number of nitrogens with two attached hydrogens (primary N) is 1. The van der Waals surface area contributed by atoms with E-state index in [9.17, 15) is 26.4 Å². The van der Waals surface area contributed by atoms with E-state index in [-0.39, 0.29) is 16.6 Å². The van der Waals surface area contributed by atoms with Gasteiger partial charge in [0, 0.05) is 6.42 Å². The van der Waals surface area contributed by atoms with Gasteiger partial charge in [-0.1, -0.05) is 42.8 Å². The molecule has 0 heterocycles. The first-order chi connectivity index (χ1) is 15.3. The quantitative estimate of drug-likeness (QED) is 0.497. The van der Waals surface area contributed by atoms with Crippen LogP contribution in [0, 0.1) is 11.8 Å². The number of Topliss-reactive ketones (excluding diaryl/α,β-unsaturated/α-hetero) is 1. The molecule has 3 rings (SSSR count). The van der Waals surface area contributed by atoms with Crippen LogP contribution in [0.4, 0.5) is 13.2 Å². The van der Waals surface area contributed by atoms with Gasteiger partial charge in [-0.25, -0.2) is 8.42 Å². The maximum atomic E-state index is 13.2. The zero-order valence-electron chi connectivity index (χ0n) is 18.8. The average Bonchev–Trinajstić information content (AvgIpc) is 2.74. The molecule has 1 atom stereocenters. The SMILES string of the molecule is CC(C)(C1CC(CCCC(=O)C(N)c2ccccc2)C1)S(=O)(=O)c1cccc(C(F)(F)F)c1. The van der Waals surface area contributed by atoms with Crippen molar-refractivity contribution in [2.24, 2.45) is 17.6 Å². The van der Waals surface area contributed by atoms with Crippen molar-refractivity contribution in [2.75, 3.05) is 0 Å². The van der Waals surface area contributed by atoms with E-state index < -0.39 is 32.4 Å². The summed E-state index contributed by atoms with van der Waals surface area (Å²) in [6.45, 7) is 3.18. The summed E-state index contributed by atoms with van der Waals surface area (Å²) in [5.74, 6) is 0.126. The number of benzene rings is 2. The molecule has 4 nitrogen and oxygen atoms in total. The van der Waals surface area contributed by atoms with E-state index in [0.717, 1.165) is 30.2 Å². The van der Waals surface area contributed by atoms with Crippen molar-refractivity contribution in [1.82, 2.24) is 0 Å². The Hall–Kier alpha value is -2.19. The lowest BCUT2D eigenvalue weighted by molar-refractivity contribution is -0.137. The third-order valence-corrected chi connectivity index (χ3v) is 9.52. The van der Waals surface area contributed by atoms with E-state index in [2.05, 4.69) is 0 Å². The highest BCUT2D eigenvalue weighted by atomic mass is 32.2. The molecule has 1 aliphatic carbocycles. The summed E-state index contributed by atoms with van der Waals surface area (Å²) in [6.07, 6.45) is -1.42. The predicted octanol–water partition coefficient (Wildman–Crippen LogP) is 5.72. The average molecular weight is 482 g/mol. The molecule has 1 aliphatic rings. The molecule has 0 amide bonds. The van der Waals surface area contributed by atoms with Crippen molar-refractivity contribution >= 4 is 15.6 Å². The normalized spacial score (nSPS) is 20.2. The summed E-state index contributed by atoms with van der Waals surface area (Å²) in [5, 5.41) is 0. The molecule has 1 saturated carbocycles. The largest absolute Gasteiger partial charge is 0.416 e. The number of hydrogen-bond acceptors (Lipinski definition) is 4. The lowest BCUT2D eigenvalue weighted by Crippen LogP contribution is -2.46. The Morgan fingerprint density at radius 3 is 2.30 bits per heavy atom. The number of ketones is 1. The highest BCUT2D eigenvalue weighted by molar-refractivity contribution is 7.92. The maximum absolute atomic E-state index is 13.2. The Kier molecular flexibility index (Phi) is 7.39. The van der Waals surface area contributed by atoms with E-state index in [1.54, 1.807) is 13.8 Å². The van der Waals surface area contributed by atoms with Crippen molar-refractivity contribution < 1.29 is 26.4 Å². The summed E-state index contributed by atoms with van der Waals surface area (Å²) >= 11 is 0. The molecule has 180 valence electrons. The van der Waals surface area contributed by atoms with Gasteiger partial charge in [0.2, 0.25) is 0 Å². The van der Waals surface area contributed by atoms with Gasteiger partial charge in [0.05, 0.1) is 21.2 Å². The zero-order chi connectivity index (χ0) is 24.4. The highest BCUT2D eigenvalue weighted by Gasteiger charge is 2.48. The van der Waals surface area contributed by atoms with Gasteiger partial charge < -0.3 is 5.73 Å². The van der Waals surface area contributed by atoms with Gasteiger partial charge in [-0.15, -0.1) is 0 Å². The molecule has 33 heavy (non-hydrogen) atoms. The summed E-state index contributed by atoms with van der Waals surface area (Å²) in [5.41, 5.74) is 5.85. The van der Waals surface area contributed by atoms with Crippen LogP contribution in [0.1, 0.15) is 63.1 Å². The van der Waals surface area contributed by atoms with E-state index >= 15 is 0 Å². The lowest BCUT2D eigenvalue weighted by Gasteiger charge is -2.45. The lowest BCUT2D eigenvalue weighted by atomic mass is 9.67. The van der Waals surface area contributed by atoms with E-state index in [0.29, 0.717) is 31.6 Å². The Labute approximate surface area is 193 Å². The fourth-order valence-corrected chi connectivity index (χ4v) is 6.25. The van der Waals surface area contributed by atoms with E-state index in [1.165, 1.54) is 6.07 Å². The maximum Gasteiger partial charge on any atom is 0.416 e. The minimum atomic E-state index is -4.60. The molecule has 0 aliphatic heterocycles. The van der Waals surface area contributed by atoms with Crippen LogP contribution in [0.2, 0.25) is 0 Å². The van der Waals surface area contributed by atoms with Gasteiger partial charge in [0.25, 0.3) is 0 Å². The van der Waals surface area contributed by atoms with Gasteiger partial charge in [-0.05, 0) is 68.7 Å². The number of rotatable bonds is 9. The summed E-state index contributed by atoms with van der Waals surface area (Å²) < 4.78 is 64.2. The Morgan fingerprint density at radius 2 is 1.70 bits per heavy atom. The number of alkyl halides is 3. The molecule has 0 saturated heterocycles. The second kappa shape index (κ2) is 9.58. The highest BCUT2D eigenvalue weighted by Crippen LogP contribution is 2.48. The van der Waals surface area contributed by atoms with Gasteiger partial charge in [0.15, 0.2) is 15.6 Å². The zero-order valence-corrected chi connectivity index (χ0v) is 19.6. The van der Waals surface area contributed by atoms with E-state index in [1.807, 2.05) is 30.3 Å². The second-order valence-electron chi connectivity index (χ2n) is 9.41. The predicted molar refractivity (Wildman–Crippen MR) is 121 cm³/mol. The number of carbonyl (C=O) groups is 1. The molecule has 1 fully saturated rings. The smallest absolute Gasteiger partial charge is 0.318 e. The molecule has 1 unspecified atom stereocenters. The first-order valence-electron chi connectivity index (χ1n) is 11.1. The summed E-state index contributed by atoms with van der Waals surface area (Å²) in [6, 6.07) is 12.5. The first-order valence-corrected chi connectivity index (χ1v) is 12.6. The Morgan fingerprint density at radius 1 is 1.06 bits per heavy atom. The second-order valence-corrected chi connectivity index (χ2v) is 11.9. The van der Waals surface area contributed by atoms with Crippen LogP contribution in [0.5, 0.6) is 0 Å². The first kappa shape index (κ1) is 25.4. The topological polar surface area (TPSA) is 77.2 Å². The van der Waals surface area contributed by atoms with Gasteiger partial charge >= 0.3 is 6.18 Å². The van der Waals surface area contributed by atoms with Gasteiger partial charge in [-0.3, -0.25) is 4.79 Å². The van der Waals surface area contributed by atoms with Crippen molar-refractivity contribution in [2.45, 2.75) is 67.8 Å². The minimum absolute atomic E-state index is 0.0236. The molecule has 8 heteroatoms. The van der Waals surface area contributed by atoms with Crippen LogP contribution in [-0.2, 0) is 20.8 Å². The molecule has 2 aromatic carbocycles. The Bertz CT molecular complexity index is 1080. The molecule has 0 bridgehead atoms. The molecule has 0 spiro atoms. The third-order valence-electron chi connectivity index (χ3n) is 6.92. The van der Waals surface area contributed by atoms with Crippen LogP contribution in [-0.4, -0.2) is 18.9 Å². The molecular formula is C25H30F3NO3S. The van der Waals surface area contributed by atoms with Crippen molar-refractivity contribution in [3.05, 3.63) is 65.7 Å². The molecular weight excluding hydrogens is 451 g/mol. The van der Waals surface area contributed by atoms with Crippen LogP contribution < -0.4 is 5.73 Å². The summed E-state index contributed by atoms with van der Waals surface area (Å²) in [4.78, 5) is 12.1. The fraction of sp³-hybridized carbons (Fsp3) is 0.480.